The zero-order chi connectivity index (χ0) is 10.7. The van der Waals surface area contributed by atoms with Crippen LogP contribution in [0.4, 0.5) is 0 Å². The van der Waals surface area contributed by atoms with Crippen molar-refractivity contribution in [2.24, 2.45) is 5.73 Å². The lowest BCUT2D eigenvalue weighted by molar-refractivity contribution is -0.127. The third-order valence-corrected chi connectivity index (χ3v) is 3.56. The smallest absolute Gasteiger partial charge is 0.233 e. The van der Waals surface area contributed by atoms with E-state index >= 15 is 0 Å². The van der Waals surface area contributed by atoms with E-state index in [1.165, 1.54) is 0 Å². The second-order valence-electron chi connectivity index (χ2n) is 3.33. The van der Waals surface area contributed by atoms with Gasteiger partial charge < -0.3 is 10.6 Å². The van der Waals surface area contributed by atoms with E-state index < -0.39 is 0 Å². The van der Waals surface area contributed by atoms with Crippen LogP contribution in [0, 0.1) is 0 Å². The summed E-state index contributed by atoms with van der Waals surface area (Å²) in [4.78, 5) is 17.5. The fourth-order valence-corrected chi connectivity index (χ4v) is 2.83. The fraction of sp³-hybridized carbons (Fsp3) is 0.400. The average molecular weight is 223 g/mol. The molecule has 1 aliphatic rings. The summed E-state index contributed by atoms with van der Waals surface area (Å²) < 4.78 is 0. The molecule has 5 heteroatoms. The highest BCUT2D eigenvalue weighted by atomic mass is 32.2. The Bertz CT molecular complexity index is 344. The molecule has 0 saturated carbocycles. The molecule has 0 aromatic carbocycles. The molecule has 0 aliphatic carbocycles. The molecule has 1 aliphatic heterocycles. The minimum absolute atomic E-state index is 0.0924. The first kappa shape index (κ1) is 10.4. The Labute approximate surface area is 92.9 Å². The predicted molar refractivity (Wildman–Crippen MR) is 60.2 cm³/mol. The molecule has 2 N–H and O–H groups in total. The number of rotatable bonds is 3. The lowest BCUT2D eigenvalue weighted by Crippen LogP contribution is -2.33. The van der Waals surface area contributed by atoms with Crippen molar-refractivity contribution in [2.75, 3.05) is 18.8 Å². The van der Waals surface area contributed by atoms with E-state index in [0.717, 1.165) is 5.56 Å². The quantitative estimate of drug-likeness (QED) is 0.816. The fourth-order valence-electron chi connectivity index (χ4n) is 1.63. The van der Waals surface area contributed by atoms with Crippen LogP contribution in [0.1, 0.15) is 10.9 Å². The maximum atomic E-state index is 11.6. The van der Waals surface area contributed by atoms with E-state index in [-0.39, 0.29) is 11.3 Å². The van der Waals surface area contributed by atoms with Gasteiger partial charge >= 0.3 is 0 Å². The third kappa shape index (κ3) is 2.13. The number of nitrogens with zero attached hydrogens (tertiary/aromatic N) is 2. The molecular weight excluding hydrogens is 210 g/mol. The third-order valence-electron chi connectivity index (χ3n) is 2.31. The minimum Gasteiger partial charge on any atom is -0.329 e. The van der Waals surface area contributed by atoms with Crippen LogP contribution in [-0.2, 0) is 4.79 Å². The van der Waals surface area contributed by atoms with E-state index in [2.05, 4.69) is 4.98 Å². The number of hydrogen-bond acceptors (Lipinski definition) is 4. The number of amides is 1. The second-order valence-corrected chi connectivity index (χ2v) is 4.39. The van der Waals surface area contributed by atoms with Gasteiger partial charge in [-0.05, 0) is 6.07 Å². The Hall–Kier alpha value is -1.07. The zero-order valence-corrected chi connectivity index (χ0v) is 9.11. The van der Waals surface area contributed by atoms with E-state index in [0.29, 0.717) is 18.8 Å². The molecule has 15 heavy (non-hydrogen) atoms. The predicted octanol–water partition coefficient (Wildman–Crippen LogP) is 0.614. The molecule has 1 unspecified atom stereocenters. The van der Waals surface area contributed by atoms with Crippen molar-refractivity contribution in [1.82, 2.24) is 9.88 Å². The average Bonchev–Trinajstić information content (AvgIpc) is 2.63. The number of aromatic nitrogens is 1. The molecule has 1 aromatic heterocycles. The first-order valence-electron chi connectivity index (χ1n) is 4.84. The molecular formula is C10H13N3OS. The van der Waals surface area contributed by atoms with E-state index in [9.17, 15) is 4.79 Å². The molecule has 1 atom stereocenters. The number of carbonyl (C=O) groups excluding carboxylic acids is 1. The maximum Gasteiger partial charge on any atom is 0.233 e. The highest BCUT2D eigenvalue weighted by Gasteiger charge is 2.31. The summed E-state index contributed by atoms with van der Waals surface area (Å²) in [6, 6.07) is 3.88. The van der Waals surface area contributed by atoms with Crippen LogP contribution in [0.15, 0.2) is 24.5 Å². The Morgan fingerprint density at radius 1 is 1.67 bits per heavy atom. The molecule has 1 aromatic rings. The SMILES string of the molecule is NCCN1C(=O)CSC1c1cccnc1. The summed E-state index contributed by atoms with van der Waals surface area (Å²) in [5.74, 6) is 0.707. The van der Waals surface area contributed by atoms with Gasteiger partial charge in [-0.3, -0.25) is 9.78 Å². The van der Waals surface area contributed by atoms with Gasteiger partial charge in [0.2, 0.25) is 5.91 Å². The molecule has 1 amide bonds. The normalized spacial score (nSPS) is 21.0. The van der Waals surface area contributed by atoms with Gasteiger partial charge in [-0.15, -0.1) is 11.8 Å². The van der Waals surface area contributed by atoms with Crippen LogP contribution in [0.25, 0.3) is 0 Å². The van der Waals surface area contributed by atoms with Crippen molar-refractivity contribution in [2.45, 2.75) is 5.37 Å². The molecule has 0 spiro atoms. The summed E-state index contributed by atoms with van der Waals surface area (Å²) in [7, 11) is 0. The Balaban J connectivity index is 2.18. The van der Waals surface area contributed by atoms with Gasteiger partial charge in [-0.25, -0.2) is 0 Å². The van der Waals surface area contributed by atoms with Crippen LogP contribution < -0.4 is 5.73 Å². The lowest BCUT2D eigenvalue weighted by Gasteiger charge is -2.23. The van der Waals surface area contributed by atoms with Gasteiger partial charge in [-0.2, -0.15) is 0 Å². The molecule has 0 bridgehead atoms. The van der Waals surface area contributed by atoms with Crippen molar-refractivity contribution in [3.05, 3.63) is 30.1 Å². The summed E-state index contributed by atoms with van der Waals surface area (Å²) in [5.41, 5.74) is 6.56. The van der Waals surface area contributed by atoms with E-state index in [4.69, 9.17) is 5.73 Å². The van der Waals surface area contributed by atoms with Crippen LogP contribution in [0.2, 0.25) is 0 Å². The maximum absolute atomic E-state index is 11.6. The largest absolute Gasteiger partial charge is 0.329 e. The number of pyridine rings is 1. The van der Waals surface area contributed by atoms with Crippen LogP contribution >= 0.6 is 11.8 Å². The molecule has 2 rings (SSSR count). The number of carbonyl (C=O) groups is 1. The molecule has 0 radical (unpaired) electrons. The Kier molecular flexibility index (Phi) is 3.23. The first-order valence-corrected chi connectivity index (χ1v) is 5.89. The summed E-state index contributed by atoms with van der Waals surface area (Å²) >= 11 is 1.63. The standard InChI is InChI=1S/C10H13N3OS/c11-3-5-13-9(14)7-15-10(13)8-2-1-4-12-6-8/h1-2,4,6,10H,3,5,7,11H2. The molecule has 1 fully saturated rings. The monoisotopic (exact) mass is 223 g/mol. The zero-order valence-electron chi connectivity index (χ0n) is 8.30. The summed E-state index contributed by atoms with van der Waals surface area (Å²) in [6.07, 6.45) is 3.54. The highest BCUT2D eigenvalue weighted by molar-refractivity contribution is 8.00. The van der Waals surface area contributed by atoms with Gasteiger partial charge in [0, 0.05) is 31.0 Å². The van der Waals surface area contributed by atoms with Crippen molar-refractivity contribution < 1.29 is 4.79 Å². The summed E-state index contributed by atoms with van der Waals surface area (Å²) in [6.45, 7) is 1.12. The minimum atomic E-state index is 0.0924. The van der Waals surface area contributed by atoms with E-state index in [1.54, 1.807) is 24.2 Å². The van der Waals surface area contributed by atoms with Gasteiger partial charge in [0.05, 0.1) is 5.75 Å². The Morgan fingerprint density at radius 3 is 3.20 bits per heavy atom. The number of hydrogen-bond donors (Lipinski definition) is 1. The van der Waals surface area contributed by atoms with Crippen LogP contribution in [0.3, 0.4) is 0 Å². The molecule has 1 saturated heterocycles. The number of thioether (sulfide) groups is 1. The second kappa shape index (κ2) is 4.63. The van der Waals surface area contributed by atoms with E-state index in [1.807, 2.05) is 17.0 Å². The topological polar surface area (TPSA) is 59.2 Å². The summed E-state index contributed by atoms with van der Waals surface area (Å²) in [5, 5.41) is 0.0924. The van der Waals surface area contributed by atoms with Crippen molar-refractivity contribution in [3.63, 3.8) is 0 Å². The number of nitrogens with two attached hydrogens (primary N) is 1. The van der Waals surface area contributed by atoms with Crippen LogP contribution in [0.5, 0.6) is 0 Å². The van der Waals surface area contributed by atoms with Crippen molar-refractivity contribution in [3.8, 4) is 0 Å². The van der Waals surface area contributed by atoms with Gasteiger partial charge in [0.25, 0.3) is 0 Å². The van der Waals surface area contributed by atoms with Gasteiger partial charge in [0.15, 0.2) is 0 Å². The van der Waals surface area contributed by atoms with Gasteiger partial charge in [-0.1, -0.05) is 6.07 Å². The molecule has 4 nitrogen and oxygen atoms in total. The van der Waals surface area contributed by atoms with Crippen molar-refractivity contribution in [1.29, 1.82) is 0 Å². The van der Waals surface area contributed by atoms with Crippen LogP contribution in [-0.4, -0.2) is 34.6 Å². The molecule has 80 valence electrons. The molecule has 2 heterocycles. The highest BCUT2D eigenvalue weighted by Crippen LogP contribution is 2.37. The van der Waals surface area contributed by atoms with Gasteiger partial charge in [0.1, 0.15) is 5.37 Å². The lowest BCUT2D eigenvalue weighted by atomic mass is 10.2. The first-order chi connectivity index (χ1) is 7.33. The van der Waals surface area contributed by atoms with Crippen molar-refractivity contribution >= 4 is 17.7 Å². The Morgan fingerprint density at radius 2 is 2.53 bits per heavy atom.